The lowest BCUT2D eigenvalue weighted by Crippen LogP contribution is -1.87. The van der Waals surface area contributed by atoms with E-state index in [0.29, 0.717) is 17.1 Å². The fourth-order valence-electron chi connectivity index (χ4n) is 2.08. The summed E-state index contributed by atoms with van der Waals surface area (Å²) in [5.41, 5.74) is 3.64. The summed E-state index contributed by atoms with van der Waals surface area (Å²) in [6.45, 7) is 2.04. The van der Waals surface area contributed by atoms with Gasteiger partial charge in [-0.25, -0.2) is 0 Å². The third kappa shape index (κ3) is 2.77. The number of H-pyrrole nitrogens is 1. The molecule has 0 bridgehead atoms. The van der Waals surface area contributed by atoms with Crippen LogP contribution >= 0.6 is 0 Å². The smallest absolute Gasteiger partial charge is 0.172 e. The van der Waals surface area contributed by atoms with E-state index in [1.165, 1.54) is 5.56 Å². The van der Waals surface area contributed by atoms with Gasteiger partial charge in [-0.1, -0.05) is 23.8 Å². The van der Waals surface area contributed by atoms with Gasteiger partial charge >= 0.3 is 0 Å². The van der Waals surface area contributed by atoms with Gasteiger partial charge in [-0.3, -0.25) is 5.10 Å². The Morgan fingerprint density at radius 1 is 1.14 bits per heavy atom. The second kappa shape index (κ2) is 5.51. The van der Waals surface area contributed by atoms with Crippen LogP contribution in [0.3, 0.4) is 0 Å². The van der Waals surface area contributed by atoms with Crippen LogP contribution in [0, 0.1) is 18.3 Å². The molecule has 0 fully saturated rings. The lowest BCUT2D eigenvalue weighted by Gasteiger charge is -2.06. The number of ether oxygens (including phenoxy) is 1. The van der Waals surface area contributed by atoms with E-state index in [0.717, 1.165) is 11.3 Å². The van der Waals surface area contributed by atoms with Gasteiger partial charge < -0.3 is 4.74 Å². The van der Waals surface area contributed by atoms with Crippen LogP contribution in [0.5, 0.6) is 11.5 Å². The number of benzene rings is 2. The van der Waals surface area contributed by atoms with Gasteiger partial charge in [0, 0.05) is 5.56 Å². The van der Waals surface area contributed by atoms with Crippen molar-refractivity contribution in [3.8, 4) is 28.8 Å². The number of hydrogen-bond acceptors (Lipinski definition) is 3. The van der Waals surface area contributed by atoms with Gasteiger partial charge in [-0.2, -0.15) is 10.4 Å². The lowest BCUT2D eigenvalue weighted by molar-refractivity contribution is 0.484. The molecule has 0 spiro atoms. The van der Waals surface area contributed by atoms with E-state index in [2.05, 4.69) is 22.3 Å². The predicted octanol–water partition coefficient (Wildman–Crippen LogP) is 4.05. The Balaban J connectivity index is 1.90. The summed E-state index contributed by atoms with van der Waals surface area (Å²) in [6.07, 6.45) is 1.65. The Hall–Kier alpha value is -3.06. The standard InChI is InChI=1S/C17H13N3O/c1-12-3-2-4-14(9-12)17-16(11-19-20-17)21-15-7-5-13(10-18)6-8-15/h2-9,11H,1H3,(H,19,20). The van der Waals surface area contributed by atoms with Crippen LogP contribution in [0.25, 0.3) is 11.3 Å². The van der Waals surface area contributed by atoms with Crippen LogP contribution in [-0.2, 0) is 0 Å². The molecule has 0 atom stereocenters. The Bertz CT molecular complexity index is 797. The van der Waals surface area contributed by atoms with E-state index >= 15 is 0 Å². The molecule has 3 rings (SSSR count). The minimum absolute atomic E-state index is 0.605. The zero-order valence-electron chi connectivity index (χ0n) is 11.5. The molecule has 0 aliphatic rings. The van der Waals surface area contributed by atoms with E-state index in [-0.39, 0.29) is 0 Å². The second-order valence-corrected chi connectivity index (χ2v) is 4.72. The van der Waals surface area contributed by atoms with Crippen molar-refractivity contribution in [3.05, 3.63) is 65.9 Å². The van der Waals surface area contributed by atoms with Gasteiger partial charge in [0.15, 0.2) is 5.75 Å². The van der Waals surface area contributed by atoms with Crippen molar-refractivity contribution < 1.29 is 4.74 Å². The number of rotatable bonds is 3. The summed E-state index contributed by atoms with van der Waals surface area (Å²) in [7, 11) is 0. The number of aromatic amines is 1. The molecule has 21 heavy (non-hydrogen) atoms. The summed E-state index contributed by atoms with van der Waals surface area (Å²) in [4.78, 5) is 0. The van der Waals surface area contributed by atoms with Crippen molar-refractivity contribution >= 4 is 0 Å². The SMILES string of the molecule is Cc1cccc(-c2[nH]ncc2Oc2ccc(C#N)cc2)c1. The molecule has 1 N–H and O–H groups in total. The minimum Gasteiger partial charge on any atom is -0.453 e. The molecule has 2 aromatic carbocycles. The van der Waals surface area contributed by atoms with Crippen LogP contribution in [0.1, 0.15) is 11.1 Å². The first-order chi connectivity index (χ1) is 10.3. The molecule has 1 heterocycles. The maximum atomic E-state index is 8.80. The largest absolute Gasteiger partial charge is 0.453 e. The molecule has 0 aliphatic heterocycles. The topological polar surface area (TPSA) is 61.7 Å². The molecule has 102 valence electrons. The van der Waals surface area contributed by atoms with Crippen LogP contribution < -0.4 is 4.74 Å². The maximum Gasteiger partial charge on any atom is 0.172 e. The molecule has 0 aliphatic carbocycles. The first kappa shape index (κ1) is 12.9. The number of aryl methyl sites for hydroxylation is 1. The van der Waals surface area contributed by atoms with Crippen molar-refractivity contribution in [2.45, 2.75) is 6.92 Å². The molecular weight excluding hydrogens is 262 g/mol. The average molecular weight is 275 g/mol. The highest BCUT2D eigenvalue weighted by Crippen LogP contribution is 2.31. The Kier molecular flexibility index (Phi) is 3.40. The molecular formula is C17H13N3O. The van der Waals surface area contributed by atoms with Crippen molar-refractivity contribution in [1.82, 2.24) is 10.2 Å². The quantitative estimate of drug-likeness (QED) is 0.784. The number of nitriles is 1. The van der Waals surface area contributed by atoms with Gasteiger partial charge in [0.2, 0.25) is 0 Å². The van der Waals surface area contributed by atoms with Crippen molar-refractivity contribution in [3.63, 3.8) is 0 Å². The summed E-state index contributed by atoms with van der Waals surface area (Å²) >= 11 is 0. The molecule has 0 radical (unpaired) electrons. The first-order valence-electron chi connectivity index (χ1n) is 6.55. The van der Waals surface area contributed by atoms with Gasteiger partial charge in [0.05, 0.1) is 17.8 Å². The summed E-state index contributed by atoms with van der Waals surface area (Å²) < 4.78 is 5.84. The van der Waals surface area contributed by atoms with E-state index in [9.17, 15) is 0 Å². The number of aromatic nitrogens is 2. The maximum absolute atomic E-state index is 8.80. The van der Waals surface area contributed by atoms with Crippen LogP contribution in [-0.4, -0.2) is 10.2 Å². The van der Waals surface area contributed by atoms with Crippen LogP contribution in [0.2, 0.25) is 0 Å². The fourth-order valence-corrected chi connectivity index (χ4v) is 2.08. The monoisotopic (exact) mass is 275 g/mol. The Morgan fingerprint density at radius 3 is 2.67 bits per heavy atom. The average Bonchev–Trinajstić information content (AvgIpc) is 2.96. The highest BCUT2D eigenvalue weighted by atomic mass is 16.5. The van der Waals surface area contributed by atoms with E-state index in [1.807, 2.05) is 25.1 Å². The summed E-state index contributed by atoms with van der Waals surface area (Å²) in [5.74, 6) is 1.33. The summed E-state index contributed by atoms with van der Waals surface area (Å²) in [5, 5.41) is 15.8. The van der Waals surface area contributed by atoms with Crippen LogP contribution in [0.15, 0.2) is 54.7 Å². The molecule has 3 aromatic rings. The predicted molar refractivity (Wildman–Crippen MR) is 80.0 cm³/mol. The van der Waals surface area contributed by atoms with Gasteiger partial charge in [0.1, 0.15) is 11.4 Å². The number of nitrogens with one attached hydrogen (secondary N) is 1. The molecule has 0 saturated carbocycles. The molecule has 4 nitrogen and oxygen atoms in total. The number of nitrogens with zero attached hydrogens (tertiary/aromatic N) is 2. The molecule has 4 heteroatoms. The zero-order valence-corrected chi connectivity index (χ0v) is 11.5. The highest BCUT2D eigenvalue weighted by molar-refractivity contribution is 5.66. The second-order valence-electron chi connectivity index (χ2n) is 4.72. The fraction of sp³-hybridized carbons (Fsp3) is 0.0588. The van der Waals surface area contributed by atoms with Crippen molar-refractivity contribution in [2.24, 2.45) is 0 Å². The first-order valence-corrected chi connectivity index (χ1v) is 6.55. The third-order valence-corrected chi connectivity index (χ3v) is 3.12. The molecule has 1 aromatic heterocycles. The Labute approximate surface area is 122 Å². The van der Waals surface area contributed by atoms with E-state index in [1.54, 1.807) is 30.5 Å². The highest BCUT2D eigenvalue weighted by Gasteiger charge is 2.10. The molecule has 0 unspecified atom stereocenters. The minimum atomic E-state index is 0.605. The van der Waals surface area contributed by atoms with Gasteiger partial charge in [-0.05, 0) is 37.3 Å². The van der Waals surface area contributed by atoms with Crippen LogP contribution in [0.4, 0.5) is 0 Å². The molecule has 0 amide bonds. The zero-order chi connectivity index (χ0) is 14.7. The lowest BCUT2D eigenvalue weighted by atomic mass is 10.1. The third-order valence-electron chi connectivity index (χ3n) is 3.12. The van der Waals surface area contributed by atoms with Gasteiger partial charge in [0.25, 0.3) is 0 Å². The molecule has 0 saturated heterocycles. The van der Waals surface area contributed by atoms with E-state index in [4.69, 9.17) is 10.00 Å². The number of hydrogen-bond donors (Lipinski definition) is 1. The normalized spacial score (nSPS) is 10.1. The summed E-state index contributed by atoms with van der Waals surface area (Å²) in [6, 6.07) is 17.2. The van der Waals surface area contributed by atoms with Gasteiger partial charge in [-0.15, -0.1) is 0 Å². The van der Waals surface area contributed by atoms with Crippen molar-refractivity contribution in [2.75, 3.05) is 0 Å². The van der Waals surface area contributed by atoms with E-state index < -0.39 is 0 Å². The van der Waals surface area contributed by atoms with Crippen molar-refractivity contribution in [1.29, 1.82) is 5.26 Å². The Morgan fingerprint density at radius 2 is 1.95 bits per heavy atom.